The Morgan fingerprint density at radius 1 is 1.04 bits per heavy atom. The van der Waals surface area contributed by atoms with E-state index in [1.807, 2.05) is 30.3 Å². The average Bonchev–Trinajstić information content (AvgIpc) is 3.14. The molecule has 0 spiro atoms. The van der Waals surface area contributed by atoms with Crippen molar-refractivity contribution in [3.63, 3.8) is 0 Å². The van der Waals surface area contributed by atoms with Crippen LogP contribution in [0.5, 0.6) is 0 Å². The normalized spacial score (nSPS) is 10.1. The van der Waals surface area contributed by atoms with E-state index in [-0.39, 0.29) is 11.4 Å². The third-order valence-electron chi connectivity index (χ3n) is 3.46. The van der Waals surface area contributed by atoms with E-state index < -0.39 is 0 Å². The fraction of sp³-hybridized carbons (Fsp3) is 0.0556. The minimum Gasteiger partial charge on any atom is -0.464 e. The number of H-pyrrole nitrogens is 1. The van der Waals surface area contributed by atoms with Gasteiger partial charge in [-0.2, -0.15) is 10.5 Å². The number of nitrogens with two attached hydrogens (primary N) is 1. The van der Waals surface area contributed by atoms with E-state index in [0.29, 0.717) is 27.7 Å². The zero-order valence-electron chi connectivity index (χ0n) is 12.6. The summed E-state index contributed by atoms with van der Waals surface area (Å²) >= 11 is 1.46. The van der Waals surface area contributed by atoms with Gasteiger partial charge in [0.1, 0.15) is 23.5 Å². The Morgan fingerprint density at radius 3 is 2.42 bits per heavy atom. The quantitative estimate of drug-likeness (QED) is 0.738. The highest BCUT2D eigenvalue weighted by molar-refractivity contribution is 7.98. The molecule has 0 aliphatic heterocycles. The summed E-state index contributed by atoms with van der Waals surface area (Å²) in [6.45, 7) is 0. The predicted molar refractivity (Wildman–Crippen MR) is 90.5 cm³/mol. The molecule has 0 radical (unpaired) electrons. The molecular formula is C18H13N4OS+. The summed E-state index contributed by atoms with van der Waals surface area (Å²) in [6, 6.07) is 17.6. The van der Waals surface area contributed by atoms with Gasteiger partial charge in [-0.1, -0.05) is 42.1 Å². The molecule has 0 amide bonds. The first kappa shape index (κ1) is 15.7. The molecule has 0 atom stereocenters. The molecule has 2 aromatic heterocycles. The molecule has 0 aliphatic carbocycles. The number of nitrogens with one attached hydrogen (secondary N) is 1. The Hall–Kier alpha value is -3.22. The second-order valence-electron chi connectivity index (χ2n) is 4.97. The second-order valence-corrected chi connectivity index (χ2v) is 5.95. The van der Waals surface area contributed by atoms with Gasteiger partial charge in [-0.3, -0.25) is 5.73 Å². The summed E-state index contributed by atoms with van der Waals surface area (Å²) < 4.78 is 5.40. The largest absolute Gasteiger partial charge is 0.464 e. The van der Waals surface area contributed by atoms with E-state index in [1.54, 1.807) is 12.1 Å². The summed E-state index contributed by atoms with van der Waals surface area (Å²) in [4.78, 5) is 2.97. The van der Waals surface area contributed by atoms with Crippen molar-refractivity contribution in [2.24, 2.45) is 0 Å². The molecule has 0 unspecified atom stereocenters. The van der Waals surface area contributed by atoms with E-state index in [9.17, 15) is 10.5 Å². The van der Waals surface area contributed by atoms with Crippen LogP contribution in [-0.2, 0) is 5.75 Å². The number of nitrogens with zero attached hydrogens (tertiary/aromatic N) is 2. The molecule has 0 fully saturated rings. The molecular weight excluding hydrogens is 320 g/mol. The SMILES string of the molecule is N#Cc1c(N)[nH+]c(SCc2ccccc2)c(C#N)c1-c1ccco1. The van der Waals surface area contributed by atoms with E-state index in [2.05, 4.69) is 17.1 Å². The lowest BCUT2D eigenvalue weighted by Crippen LogP contribution is -2.18. The minimum atomic E-state index is 0.213. The van der Waals surface area contributed by atoms with Crippen molar-refractivity contribution in [3.8, 4) is 23.5 Å². The number of anilines is 1. The lowest BCUT2D eigenvalue weighted by molar-refractivity contribution is -0.410. The molecule has 0 saturated heterocycles. The maximum Gasteiger partial charge on any atom is 0.289 e. The van der Waals surface area contributed by atoms with Crippen molar-refractivity contribution in [1.82, 2.24) is 0 Å². The number of aromatic nitrogens is 1. The van der Waals surface area contributed by atoms with Crippen LogP contribution >= 0.6 is 11.8 Å². The number of pyridine rings is 1. The highest BCUT2D eigenvalue weighted by Crippen LogP contribution is 2.34. The van der Waals surface area contributed by atoms with Crippen LogP contribution in [0.3, 0.4) is 0 Å². The van der Waals surface area contributed by atoms with Crippen molar-refractivity contribution in [2.75, 3.05) is 5.73 Å². The van der Waals surface area contributed by atoms with E-state index in [4.69, 9.17) is 10.2 Å². The molecule has 0 bridgehead atoms. The van der Waals surface area contributed by atoms with Crippen LogP contribution in [-0.4, -0.2) is 0 Å². The number of thioether (sulfide) groups is 1. The molecule has 0 aliphatic rings. The molecule has 1 aromatic carbocycles. The maximum atomic E-state index is 9.63. The molecule has 0 saturated carbocycles. The first-order valence-electron chi connectivity index (χ1n) is 7.14. The van der Waals surface area contributed by atoms with E-state index in [0.717, 1.165) is 5.56 Å². The summed E-state index contributed by atoms with van der Waals surface area (Å²) in [6.07, 6.45) is 1.50. The highest BCUT2D eigenvalue weighted by atomic mass is 32.2. The Kier molecular flexibility index (Phi) is 4.51. The average molecular weight is 333 g/mol. The first-order chi connectivity index (χ1) is 11.7. The number of rotatable bonds is 4. The maximum absolute atomic E-state index is 9.63. The summed E-state index contributed by atoms with van der Waals surface area (Å²) in [5.41, 5.74) is 8.12. The first-order valence-corrected chi connectivity index (χ1v) is 8.12. The van der Waals surface area contributed by atoms with Crippen LogP contribution in [0.4, 0.5) is 5.82 Å². The Labute approximate surface area is 143 Å². The molecule has 24 heavy (non-hydrogen) atoms. The van der Waals surface area contributed by atoms with Crippen LogP contribution in [0.25, 0.3) is 11.3 Å². The number of nitriles is 2. The van der Waals surface area contributed by atoms with Gasteiger partial charge in [0.25, 0.3) is 5.82 Å². The molecule has 6 heteroatoms. The van der Waals surface area contributed by atoms with Crippen LogP contribution in [0.15, 0.2) is 58.2 Å². The fourth-order valence-corrected chi connectivity index (χ4v) is 3.33. The van der Waals surface area contributed by atoms with E-state index in [1.165, 1.54) is 18.0 Å². The monoisotopic (exact) mass is 333 g/mol. The molecule has 3 aromatic rings. The fourth-order valence-electron chi connectivity index (χ4n) is 2.35. The topological polar surface area (TPSA) is 101 Å². The minimum absolute atomic E-state index is 0.213. The molecule has 3 N–H and O–H groups in total. The van der Waals surface area contributed by atoms with Gasteiger partial charge >= 0.3 is 0 Å². The zero-order chi connectivity index (χ0) is 16.9. The number of hydrogen-bond acceptors (Lipinski definition) is 5. The summed E-state index contributed by atoms with van der Waals surface area (Å²) in [5, 5.41) is 19.7. The number of furan rings is 1. The lowest BCUT2D eigenvalue weighted by atomic mass is 10.0. The van der Waals surface area contributed by atoms with Gasteiger partial charge in [0.2, 0.25) is 0 Å². The molecule has 116 valence electrons. The number of hydrogen-bond donors (Lipinski definition) is 1. The number of nitrogen functional groups attached to an aromatic ring is 1. The number of aromatic amines is 1. The van der Waals surface area contributed by atoms with Crippen molar-refractivity contribution in [1.29, 1.82) is 10.5 Å². The molecule has 5 nitrogen and oxygen atoms in total. The van der Waals surface area contributed by atoms with Crippen molar-refractivity contribution in [2.45, 2.75) is 10.8 Å². The van der Waals surface area contributed by atoms with Gasteiger partial charge < -0.3 is 4.42 Å². The van der Waals surface area contributed by atoms with Gasteiger partial charge in [-0.25, -0.2) is 4.98 Å². The van der Waals surface area contributed by atoms with Gasteiger partial charge in [-0.15, -0.1) is 0 Å². The van der Waals surface area contributed by atoms with Crippen LogP contribution in [0.2, 0.25) is 0 Å². The standard InChI is InChI=1S/C18H12N4OS/c19-9-13-16(15-7-4-8-23-15)14(10-20)18(22-17(13)21)24-11-12-5-2-1-3-6-12/h1-8H,11H2,(H2,21,22)/p+1. The third kappa shape index (κ3) is 2.96. The second kappa shape index (κ2) is 6.91. The number of benzene rings is 1. The van der Waals surface area contributed by atoms with Crippen molar-refractivity contribution >= 4 is 17.6 Å². The zero-order valence-corrected chi connectivity index (χ0v) is 13.4. The third-order valence-corrected chi connectivity index (χ3v) is 4.53. The Morgan fingerprint density at radius 2 is 1.79 bits per heavy atom. The lowest BCUT2D eigenvalue weighted by Gasteiger charge is -2.08. The molecule has 2 heterocycles. The van der Waals surface area contributed by atoms with Crippen molar-refractivity contribution in [3.05, 3.63) is 65.4 Å². The van der Waals surface area contributed by atoms with Crippen molar-refractivity contribution < 1.29 is 9.40 Å². The smallest absolute Gasteiger partial charge is 0.289 e. The predicted octanol–water partition coefficient (Wildman–Crippen LogP) is 3.38. The van der Waals surface area contributed by atoms with Gasteiger partial charge in [0, 0.05) is 5.75 Å². The van der Waals surface area contributed by atoms with Crippen LogP contribution in [0.1, 0.15) is 16.7 Å². The highest BCUT2D eigenvalue weighted by Gasteiger charge is 2.25. The van der Waals surface area contributed by atoms with Gasteiger partial charge in [0.15, 0.2) is 10.6 Å². The van der Waals surface area contributed by atoms with Gasteiger partial charge in [-0.05, 0) is 17.7 Å². The Bertz CT molecular complexity index is 938. The summed E-state index contributed by atoms with van der Waals surface area (Å²) in [7, 11) is 0. The van der Waals surface area contributed by atoms with Crippen LogP contribution < -0.4 is 10.7 Å². The Balaban J connectivity index is 2.08. The van der Waals surface area contributed by atoms with E-state index >= 15 is 0 Å². The molecule has 3 rings (SSSR count). The van der Waals surface area contributed by atoms with Gasteiger partial charge in [0.05, 0.1) is 11.8 Å². The summed E-state index contributed by atoms with van der Waals surface area (Å²) in [5.74, 6) is 1.35. The van der Waals surface area contributed by atoms with Crippen LogP contribution in [0, 0.1) is 22.7 Å².